The number of amides is 1. The maximum absolute atomic E-state index is 12.8. The van der Waals surface area contributed by atoms with Crippen LogP contribution in [0.25, 0.3) is 0 Å². The number of rotatable bonds is 8. The van der Waals surface area contributed by atoms with Crippen LogP contribution in [0.1, 0.15) is 15.9 Å². The Balaban J connectivity index is 1.81. The molecule has 11 heteroatoms. The Morgan fingerprint density at radius 3 is 2.21 bits per heavy atom. The first-order chi connectivity index (χ1) is 15.9. The molecule has 0 unspecified atom stereocenters. The number of para-hydroxylation sites is 1. The molecule has 0 saturated heterocycles. The van der Waals surface area contributed by atoms with E-state index in [-0.39, 0.29) is 16.1 Å². The van der Waals surface area contributed by atoms with Gasteiger partial charge in [-0.15, -0.1) is 0 Å². The SMILES string of the molecule is COc1ccc(C)cc1NS(=O)(=O)c1ccc(NC(=O)c2ccccc2N(C)S(C)(=O)=O)cc1. The minimum atomic E-state index is -3.91. The molecule has 3 rings (SSSR count). The minimum Gasteiger partial charge on any atom is -0.495 e. The van der Waals surface area contributed by atoms with Gasteiger partial charge in [-0.05, 0) is 61.0 Å². The maximum atomic E-state index is 12.8. The van der Waals surface area contributed by atoms with Gasteiger partial charge in [0.15, 0.2) is 0 Å². The molecular weight excluding hydrogens is 478 g/mol. The van der Waals surface area contributed by atoms with Crippen LogP contribution in [0.2, 0.25) is 0 Å². The summed E-state index contributed by atoms with van der Waals surface area (Å²) in [6, 6.07) is 17.0. The van der Waals surface area contributed by atoms with Crippen LogP contribution in [0.3, 0.4) is 0 Å². The number of benzene rings is 3. The third kappa shape index (κ3) is 5.67. The highest BCUT2D eigenvalue weighted by Crippen LogP contribution is 2.28. The average Bonchev–Trinajstić information content (AvgIpc) is 2.78. The lowest BCUT2D eigenvalue weighted by Crippen LogP contribution is -2.27. The fourth-order valence-corrected chi connectivity index (χ4v) is 4.72. The van der Waals surface area contributed by atoms with E-state index in [1.165, 1.54) is 50.6 Å². The first-order valence-corrected chi connectivity index (χ1v) is 13.4. The number of hydrogen-bond acceptors (Lipinski definition) is 6. The molecule has 0 radical (unpaired) electrons. The molecule has 0 spiro atoms. The molecule has 34 heavy (non-hydrogen) atoms. The highest BCUT2D eigenvalue weighted by atomic mass is 32.2. The smallest absolute Gasteiger partial charge is 0.262 e. The monoisotopic (exact) mass is 503 g/mol. The Morgan fingerprint density at radius 1 is 0.941 bits per heavy atom. The van der Waals surface area contributed by atoms with Crippen LogP contribution < -0.4 is 19.1 Å². The number of ether oxygens (including phenoxy) is 1. The highest BCUT2D eigenvalue weighted by molar-refractivity contribution is 7.92. The fraction of sp³-hybridized carbons (Fsp3) is 0.174. The van der Waals surface area contributed by atoms with Gasteiger partial charge in [0.1, 0.15) is 5.75 Å². The number of carbonyl (C=O) groups is 1. The molecule has 0 atom stereocenters. The number of anilines is 3. The van der Waals surface area contributed by atoms with E-state index in [0.29, 0.717) is 17.1 Å². The van der Waals surface area contributed by atoms with Crippen molar-refractivity contribution in [1.29, 1.82) is 0 Å². The Bertz CT molecular complexity index is 1420. The van der Waals surface area contributed by atoms with Gasteiger partial charge in [-0.25, -0.2) is 16.8 Å². The van der Waals surface area contributed by atoms with Crippen molar-refractivity contribution in [3.05, 3.63) is 77.9 Å². The van der Waals surface area contributed by atoms with E-state index >= 15 is 0 Å². The Hall–Kier alpha value is -3.57. The number of methoxy groups -OCH3 is 1. The van der Waals surface area contributed by atoms with Crippen LogP contribution in [0, 0.1) is 6.92 Å². The minimum absolute atomic E-state index is 0.00809. The molecule has 0 bridgehead atoms. The number of hydrogen-bond donors (Lipinski definition) is 2. The van der Waals surface area contributed by atoms with Gasteiger partial charge in [0.05, 0.1) is 35.2 Å². The Morgan fingerprint density at radius 2 is 1.59 bits per heavy atom. The molecule has 180 valence electrons. The van der Waals surface area contributed by atoms with Crippen molar-refractivity contribution in [1.82, 2.24) is 0 Å². The molecule has 3 aromatic carbocycles. The lowest BCUT2D eigenvalue weighted by Gasteiger charge is -2.19. The lowest BCUT2D eigenvalue weighted by atomic mass is 10.1. The quantitative estimate of drug-likeness (QED) is 0.486. The van der Waals surface area contributed by atoms with Crippen molar-refractivity contribution in [2.45, 2.75) is 11.8 Å². The first kappa shape index (κ1) is 25.1. The van der Waals surface area contributed by atoms with Crippen molar-refractivity contribution >= 4 is 43.0 Å². The van der Waals surface area contributed by atoms with Crippen molar-refractivity contribution < 1.29 is 26.4 Å². The predicted molar refractivity (Wildman–Crippen MR) is 133 cm³/mol. The van der Waals surface area contributed by atoms with Crippen molar-refractivity contribution in [2.24, 2.45) is 0 Å². The van der Waals surface area contributed by atoms with Gasteiger partial charge >= 0.3 is 0 Å². The molecule has 0 aliphatic heterocycles. The van der Waals surface area contributed by atoms with Crippen LogP contribution >= 0.6 is 0 Å². The summed E-state index contributed by atoms with van der Waals surface area (Å²) < 4.78 is 58.2. The van der Waals surface area contributed by atoms with Crippen molar-refractivity contribution in [3.63, 3.8) is 0 Å². The summed E-state index contributed by atoms with van der Waals surface area (Å²) in [7, 11) is -4.67. The molecule has 2 N–H and O–H groups in total. The van der Waals surface area contributed by atoms with Crippen molar-refractivity contribution in [3.8, 4) is 5.75 Å². The largest absolute Gasteiger partial charge is 0.495 e. The van der Waals surface area contributed by atoms with E-state index in [4.69, 9.17) is 4.74 Å². The molecule has 0 heterocycles. The van der Waals surface area contributed by atoms with Crippen LogP contribution in [0.4, 0.5) is 17.1 Å². The van der Waals surface area contributed by atoms with E-state index < -0.39 is 26.0 Å². The van der Waals surface area contributed by atoms with E-state index in [1.54, 1.807) is 30.3 Å². The zero-order valence-electron chi connectivity index (χ0n) is 19.1. The predicted octanol–water partition coefficient (Wildman–Crippen LogP) is 3.45. The lowest BCUT2D eigenvalue weighted by molar-refractivity contribution is 0.102. The second-order valence-corrected chi connectivity index (χ2v) is 11.2. The normalized spacial score (nSPS) is 11.5. The summed E-state index contributed by atoms with van der Waals surface area (Å²) in [5.41, 5.74) is 1.89. The average molecular weight is 504 g/mol. The third-order valence-corrected chi connectivity index (χ3v) is 7.58. The summed E-state index contributed by atoms with van der Waals surface area (Å²) in [5, 5.41) is 2.66. The Labute approximate surface area is 199 Å². The van der Waals surface area contributed by atoms with Crippen LogP contribution in [0.15, 0.2) is 71.6 Å². The van der Waals surface area contributed by atoms with E-state index in [1.807, 2.05) is 6.92 Å². The van der Waals surface area contributed by atoms with Crippen molar-refractivity contribution in [2.75, 3.05) is 34.8 Å². The van der Waals surface area contributed by atoms with Crippen LogP contribution in [0.5, 0.6) is 5.75 Å². The Kier molecular flexibility index (Phi) is 7.18. The molecule has 9 nitrogen and oxygen atoms in total. The maximum Gasteiger partial charge on any atom is 0.262 e. The zero-order chi connectivity index (χ0) is 25.1. The highest BCUT2D eigenvalue weighted by Gasteiger charge is 2.20. The fourth-order valence-electron chi connectivity index (χ4n) is 3.14. The van der Waals surface area contributed by atoms with E-state index in [0.717, 1.165) is 16.1 Å². The standard InChI is InChI=1S/C23H25N3O6S2/c1-16-9-14-22(32-3)20(15-16)25-34(30,31)18-12-10-17(11-13-18)24-23(27)19-7-5-6-8-21(19)26(2)33(4,28)29/h5-15,25H,1-4H3,(H,24,27). The van der Waals surface area contributed by atoms with Gasteiger partial charge in [-0.2, -0.15) is 0 Å². The van der Waals surface area contributed by atoms with Gasteiger partial charge in [-0.1, -0.05) is 18.2 Å². The number of sulfonamides is 2. The summed E-state index contributed by atoms with van der Waals surface area (Å²) >= 11 is 0. The van der Waals surface area contributed by atoms with Crippen LogP contribution in [-0.4, -0.2) is 43.2 Å². The van der Waals surface area contributed by atoms with E-state index in [9.17, 15) is 21.6 Å². The third-order valence-electron chi connectivity index (χ3n) is 5.01. The summed E-state index contributed by atoms with van der Waals surface area (Å²) in [4.78, 5) is 12.8. The molecular formula is C23H25N3O6S2. The molecule has 0 aliphatic rings. The second-order valence-electron chi connectivity index (χ2n) is 7.54. The first-order valence-electron chi connectivity index (χ1n) is 10.0. The summed E-state index contributed by atoms with van der Waals surface area (Å²) in [5.74, 6) is -0.153. The second kappa shape index (κ2) is 9.74. The molecule has 0 aliphatic carbocycles. The van der Waals surface area contributed by atoms with Gasteiger partial charge in [0.25, 0.3) is 15.9 Å². The van der Waals surface area contributed by atoms with Crippen LogP contribution in [-0.2, 0) is 20.0 Å². The topological polar surface area (TPSA) is 122 Å². The summed E-state index contributed by atoms with van der Waals surface area (Å²) in [6.45, 7) is 1.83. The molecule has 0 aromatic heterocycles. The number of carbonyl (C=O) groups excluding carboxylic acids is 1. The number of aryl methyl sites for hydroxylation is 1. The number of nitrogens with one attached hydrogen (secondary N) is 2. The van der Waals surface area contributed by atoms with Gasteiger partial charge in [0, 0.05) is 12.7 Å². The van der Waals surface area contributed by atoms with E-state index in [2.05, 4.69) is 10.0 Å². The summed E-state index contributed by atoms with van der Waals surface area (Å²) in [6.07, 6.45) is 1.04. The van der Waals surface area contributed by atoms with Gasteiger partial charge in [0.2, 0.25) is 10.0 Å². The number of nitrogens with zero attached hydrogens (tertiary/aromatic N) is 1. The molecule has 0 fully saturated rings. The van der Waals surface area contributed by atoms with Gasteiger partial charge in [-0.3, -0.25) is 13.8 Å². The molecule has 1 amide bonds. The van der Waals surface area contributed by atoms with Gasteiger partial charge < -0.3 is 10.1 Å². The molecule has 3 aromatic rings. The zero-order valence-corrected chi connectivity index (χ0v) is 20.7. The molecule has 0 saturated carbocycles.